The maximum Gasteiger partial charge on any atom is 0.182 e. The van der Waals surface area contributed by atoms with Gasteiger partial charge in [-0.3, -0.25) is 9.59 Å². The van der Waals surface area contributed by atoms with Crippen LogP contribution in [0, 0.1) is 0 Å². The lowest BCUT2D eigenvalue weighted by Gasteiger charge is -2.02. The fourth-order valence-electron chi connectivity index (χ4n) is 2.58. The van der Waals surface area contributed by atoms with Gasteiger partial charge in [0.2, 0.25) is 0 Å². The van der Waals surface area contributed by atoms with E-state index in [1.165, 1.54) is 0 Å². The summed E-state index contributed by atoms with van der Waals surface area (Å²) in [5.74, 6) is 0.438. The van der Waals surface area contributed by atoms with E-state index in [1.54, 1.807) is 28.9 Å². The molecule has 2 rings (SSSR count). The predicted molar refractivity (Wildman–Crippen MR) is 105 cm³/mol. The second-order valence-corrected chi connectivity index (χ2v) is 8.09. The third-order valence-corrected chi connectivity index (χ3v) is 6.12. The molecule has 2 aromatic rings. The van der Waals surface area contributed by atoms with E-state index >= 15 is 0 Å². The van der Waals surface area contributed by atoms with Gasteiger partial charge in [0.05, 0.1) is 0 Å². The van der Waals surface area contributed by atoms with Crippen LogP contribution in [0.1, 0.15) is 80.6 Å². The molecule has 0 atom stereocenters. The summed E-state index contributed by atoms with van der Waals surface area (Å²) >= 11 is 3.16. The zero-order valence-corrected chi connectivity index (χ0v) is 16.7. The van der Waals surface area contributed by atoms with E-state index in [4.69, 9.17) is 0 Å². The Morgan fingerprint density at radius 2 is 1.84 bits per heavy atom. The number of thiazole rings is 2. The molecule has 0 saturated carbocycles. The molecular formula is C19H26N2O2S2. The number of aromatic nitrogens is 2. The number of nitrogens with zero attached hydrogens (tertiary/aromatic N) is 2. The van der Waals surface area contributed by atoms with Gasteiger partial charge in [-0.15, -0.1) is 22.7 Å². The second-order valence-electron chi connectivity index (χ2n) is 6.11. The van der Waals surface area contributed by atoms with E-state index < -0.39 is 0 Å². The van der Waals surface area contributed by atoms with Crippen LogP contribution in [0.4, 0.5) is 0 Å². The zero-order chi connectivity index (χ0) is 18.1. The molecule has 25 heavy (non-hydrogen) atoms. The highest BCUT2D eigenvalue weighted by molar-refractivity contribution is 7.20. The summed E-state index contributed by atoms with van der Waals surface area (Å²) in [5, 5.41) is 3.68. The number of rotatable bonds is 12. The lowest BCUT2D eigenvalue weighted by Crippen LogP contribution is -2.03. The Labute approximate surface area is 157 Å². The Bertz CT molecular complexity index is 678. The fourth-order valence-corrected chi connectivity index (χ4v) is 4.38. The number of carbonyl (C=O) groups is 2. The fraction of sp³-hybridized carbons (Fsp3) is 0.579. The summed E-state index contributed by atoms with van der Waals surface area (Å²) in [6, 6.07) is 0. The van der Waals surface area contributed by atoms with Crippen LogP contribution in [0.15, 0.2) is 11.6 Å². The Morgan fingerprint density at radius 3 is 2.52 bits per heavy atom. The van der Waals surface area contributed by atoms with Crippen LogP contribution < -0.4 is 0 Å². The Balaban J connectivity index is 1.96. The summed E-state index contributed by atoms with van der Waals surface area (Å²) in [6.07, 6.45) is 9.23. The highest BCUT2D eigenvalue weighted by atomic mass is 32.1. The number of Topliss-reactive ketones (excluding diaryl/α,β-unsaturated/α-hetero) is 2. The Hall–Kier alpha value is -1.40. The van der Waals surface area contributed by atoms with Gasteiger partial charge in [0.1, 0.15) is 11.5 Å². The summed E-state index contributed by atoms with van der Waals surface area (Å²) in [6.45, 7) is 4.05. The van der Waals surface area contributed by atoms with Gasteiger partial charge in [0, 0.05) is 35.7 Å². The van der Waals surface area contributed by atoms with Crippen molar-refractivity contribution in [1.29, 1.82) is 0 Å². The lowest BCUT2D eigenvalue weighted by molar-refractivity contribution is -0.118. The SMILES string of the molecule is CCCCc1sc(-c2nccs2)nc1C(=O)CCCCCC(=O)CC. The van der Waals surface area contributed by atoms with Crippen molar-refractivity contribution in [2.45, 2.75) is 71.6 Å². The van der Waals surface area contributed by atoms with E-state index in [0.717, 1.165) is 53.4 Å². The topological polar surface area (TPSA) is 59.9 Å². The van der Waals surface area contributed by atoms with Crippen molar-refractivity contribution in [3.05, 3.63) is 22.1 Å². The quantitative estimate of drug-likeness (QED) is 0.350. The number of aryl methyl sites for hydroxylation is 1. The van der Waals surface area contributed by atoms with Crippen molar-refractivity contribution >= 4 is 34.2 Å². The van der Waals surface area contributed by atoms with E-state index in [-0.39, 0.29) is 5.78 Å². The molecule has 0 bridgehead atoms. The predicted octanol–water partition coefficient (Wildman–Crippen LogP) is 5.72. The van der Waals surface area contributed by atoms with Crippen molar-refractivity contribution in [1.82, 2.24) is 9.97 Å². The number of hydrogen-bond donors (Lipinski definition) is 0. The molecule has 0 aliphatic heterocycles. The van der Waals surface area contributed by atoms with Crippen LogP contribution in [0.2, 0.25) is 0 Å². The maximum atomic E-state index is 12.6. The molecule has 0 aromatic carbocycles. The molecule has 0 amide bonds. The van der Waals surface area contributed by atoms with Crippen molar-refractivity contribution in [2.75, 3.05) is 0 Å². The second kappa shape index (κ2) is 10.6. The van der Waals surface area contributed by atoms with Crippen molar-refractivity contribution in [2.24, 2.45) is 0 Å². The van der Waals surface area contributed by atoms with E-state index in [1.807, 2.05) is 12.3 Å². The zero-order valence-electron chi connectivity index (χ0n) is 15.0. The summed E-state index contributed by atoms with van der Waals surface area (Å²) in [5.41, 5.74) is 0.647. The molecule has 0 aliphatic rings. The Kier molecular flexibility index (Phi) is 8.41. The molecule has 136 valence electrons. The number of hydrogen-bond acceptors (Lipinski definition) is 6. The van der Waals surface area contributed by atoms with Crippen molar-refractivity contribution < 1.29 is 9.59 Å². The molecule has 0 N–H and O–H groups in total. The van der Waals surface area contributed by atoms with Crippen LogP contribution in [0.3, 0.4) is 0 Å². The van der Waals surface area contributed by atoms with Crippen LogP contribution in [0.25, 0.3) is 10.0 Å². The molecular weight excluding hydrogens is 352 g/mol. The molecule has 0 unspecified atom stereocenters. The number of unbranched alkanes of at least 4 members (excludes halogenated alkanes) is 3. The largest absolute Gasteiger partial charge is 0.300 e. The molecule has 2 aromatic heterocycles. The van der Waals surface area contributed by atoms with Crippen molar-refractivity contribution in [3.63, 3.8) is 0 Å². The average molecular weight is 379 g/mol. The first-order chi connectivity index (χ1) is 12.2. The van der Waals surface area contributed by atoms with E-state index in [2.05, 4.69) is 16.9 Å². The third-order valence-electron chi connectivity index (χ3n) is 4.09. The number of carbonyl (C=O) groups excluding carboxylic acids is 2. The first kappa shape index (κ1) is 19.9. The van der Waals surface area contributed by atoms with Gasteiger partial charge in [-0.2, -0.15) is 0 Å². The molecule has 2 heterocycles. The molecule has 0 fully saturated rings. The lowest BCUT2D eigenvalue weighted by atomic mass is 10.0. The number of ketones is 2. The average Bonchev–Trinajstić information content (AvgIpc) is 3.28. The van der Waals surface area contributed by atoms with Gasteiger partial charge in [-0.05, 0) is 25.7 Å². The molecule has 0 radical (unpaired) electrons. The standard InChI is InChI=1S/C19H26N2O2S2/c1-3-5-11-16-17(21-19(25-16)18-20-12-13-24-18)15(23)10-8-6-7-9-14(22)4-2/h12-13H,3-11H2,1-2H3. The van der Waals surface area contributed by atoms with Gasteiger partial charge in [0.15, 0.2) is 15.8 Å². The van der Waals surface area contributed by atoms with Gasteiger partial charge in [-0.25, -0.2) is 9.97 Å². The summed E-state index contributed by atoms with van der Waals surface area (Å²) in [7, 11) is 0. The summed E-state index contributed by atoms with van der Waals surface area (Å²) < 4.78 is 0. The minimum absolute atomic E-state index is 0.131. The van der Waals surface area contributed by atoms with E-state index in [0.29, 0.717) is 30.7 Å². The van der Waals surface area contributed by atoms with Crippen LogP contribution in [-0.4, -0.2) is 21.5 Å². The van der Waals surface area contributed by atoms with Crippen LogP contribution in [-0.2, 0) is 11.2 Å². The Morgan fingerprint density at radius 1 is 1.04 bits per heavy atom. The monoisotopic (exact) mass is 378 g/mol. The molecule has 6 heteroatoms. The normalized spacial score (nSPS) is 11.0. The van der Waals surface area contributed by atoms with E-state index in [9.17, 15) is 9.59 Å². The van der Waals surface area contributed by atoms with Gasteiger partial charge in [-0.1, -0.05) is 26.7 Å². The van der Waals surface area contributed by atoms with Gasteiger partial charge < -0.3 is 0 Å². The first-order valence-electron chi connectivity index (χ1n) is 9.10. The van der Waals surface area contributed by atoms with Gasteiger partial charge in [0.25, 0.3) is 0 Å². The highest BCUT2D eigenvalue weighted by Crippen LogP contribution is 2.31. The van der Waals surface area contributed by atoms with Crippen LogP contribution in [0.5, 0.6) is 0 Å². The summed E-state index contributed by atoms with van der Waals surface area (Å²) in [4.78, 5) is 34.0. The third kappa shape index (κ3) is 6.12. The van der Waals surface area contributed by atoms with Gasteiger partial charge >= 0.3 is 0 Å². The smallest absolute Gasteiger partial charge is 0.182 e. The van der Waals surface area contributed by atoms with Crippen molar-refractivity contribution in [3.8, 4) is 10.0 Å². The minimum atomic E-state index is 0.131. The minimum Gasteiger partial charge on any atom is -0.300 e. The first-order valence-corrected chi connectivity index (χ1v) is 10.8. The molecule has 0 spiro atoms. The van der Waals surface area contributed by atoms with Crippen LogP contribution >= 0.6 is 22.7 Å². The molecule has 0 saturated heterocycles. The maximum absolute atomic E-state index is 12.6. The highest BCUT2D eigenvalue weighted by Gasteiger charge is 2.19. The molecule has 4 nitrogen and oxygen atoms in total. The molecule has 0 aliphatic carbocycles.